The number of fused-ring (bicyclic) bond motifs is 4. The smallest absolute Gasteiger partial charge is 0.110 e. The van der Waals surface area contributed by atoms with Crippen LogP contribution in [0.25, 0.3) is 43.1 Å². The van der Waals surface area contributed by atoms with Crippen LogP contribution in [0.5, 0.6) is 0 Å². The monoisotopic (exact) mass is 566 g/mol. The van der Waals surface area contributed by atoms with Crippen LogP contribution in [-0.4, -0.2) is 28.6 Å². The summed E-state index contributed by atoms with van der Waals surface area (Å²) in [5, 5.41) is 9.94. The van der Waals surface area contributed by atoms with E-state index in [1.54, 1.807) is 0 Å². The van der Waals surface area contributed by atoms with Gasteiger partial charge in [0.05, 0.1) is 0 Å². The summed E-state index contributed by atoms with van der Waals surface area (Å²) in [4.78, 5) is 0. The van der Waals surface area contributed by atoms with Crippen molar-refractivity contribution in [2.45, 2.75) is 58.2 Å². The second-order valence-corrected chi connectivity index (χ2v) is 19.4. The first-order valence-electron chi connectivity index (χ1n) is 14.6. The third-order valence-corrected chi connectivity index (χ3v) is 10.7. The molecule has 0 saturated heterocycles. The van der Waals surface area contributed by atoms with E-state index >= 15 is 0 Å². The minimum Gasteiger partial charge on any atom is -0.134 e. The van der Waals surface area contributed by atoms with E-state index in [0.29, 0.717) is 16.6 Å². The van der Waals surface area contributed by atoms with Crippen LogP contribution in [-0.2, 0) is 0 Å². The third kappa shape index (κ3) is 6.43. The van der Waals surface area contributed by atoms with Crippen LogP contribution in [0.15, 0.2) is 66.7 Å². The van der Waals surface area contributed by atoms with E-state index in [1.807, 2.05) is 0 Å². The van der Waals surface area contributed by atoms with E-state index < -0.39 is 28.6 Å². The Kier molecular flexibility index (Phi) is 8.63. The molecule has 0 saturated carbocycles. The molecule has 0 amide bonds. The number of hydrogen-bond donors (Lipinski definition) is 0. The molecule has 0 spiro atoms. The molecule has 0 atom stereocenters. The average molecular weight is 567 g/mol. The zero-order valence-corrected chi connectivity index (χ0v) is 28.9. The fourth-order valence-corrected chi connectivity index (χ4v) is 7.13. The molecular weight excluding hydrogens is 529 g/mol. The van der Waals surface area contributed by atoms with Crippen LogP contribution < -0.4 is 0 Å². The van der Waals surface area contributed by atoms with E-state index in [4.69, 9.17) is 0 Å². The molecule has 3 heteroatoms. The quantitative estimate of drug-likeness (QED) is 0.123. The normalized spacial score (nSPS) is 12.0. The first-order valence-corrected chi connectivity index (χ1v) is 19.2. The largest absolute Gasteiger partial charge is 0.134 e. The summed E-state index contributed by atoms with van der Waals surface area (Å²) in [5.74, 6) is 10.8. The van der Waals surface area contributed by atoms with Crippen LogP contribution in [0.3, 0.4) is 0 Å². The van der Waals surface area contributed by atoms with Crippen LogP contribution in [0.4, 0.5) is 0 Å². The standard InChI is InChI=1S/C37H38Si3/c1-24(2)38-14-11-27-17-30(12-15-39-25(3)4)35-22-33-20-32-19-28-9-7-8-10-29(28)21-36(32)34(13-16-40-26(5)6)37(33)23-31(35)18-27/h7-10,17-26H,38-40H2,1-6H3. The molecule has 40 heavy (non-hydrogen) atoms. The molecule has 198 valence electrons. The van der Waals surface area contributed by atoms with Crippen LogP contribution in [0.2, 0.25) is 16.6 Å². The minimum absolute atomic E-state index is 0.390. The molecule has 0 aliphatic rings. The van der Waals surface area contributed by atoms with Crippen molar-refractivity contribution in [2.75, 3.05) is 0 Å². The van der Waals surface area contributed by atoms with Gasteiger partial charge in [0.25, 0.3) is 0 Å². The fourth-order valence-electron chi connectivity index (χ4n) is 5.03. The van der Waals surface area contributed by atoms with Crippen molar-refractivity contribution in [3.05, 3.63) is 83.4 Å². The van der Waals surface area contributed by atoms with Crippen molar-refractivity contribution in [1.82, 2.24) is 0 Å². The molecule has 5 rings (SSSR count). The minimum atomic E-state index is -0.448. The van der Waals surface area contributed by atoms with Gasteiger partial charge in [-0.2, -0.15) is 0 Å². The van der Waals surface area contributed by atoms with Gasteiger partial charge in [0.15, 0.2) is 0 Å². The van der Waals surface area contributed by atoms with Crippen LogP contribution >= 0.6 is 0 Å². The molecule has 0 radical (unpaired) electrons. The molecule has 0 fully saturated rings. The molecule has 0 aliphatic heterocycles. The van der Waals surface area contributed by atoms with Crippen molar-refractivity contribution in [3.8, 4) is 34.4 Å². The summed E-state index contributed by atoms with van der Waals surface area (Å²) in [7, 11) is -1.26. The molecule has 0 unspecified atom stereocenters. The van der Waals surface area contributed by atoms with Gasteiger partial charge in [-0.05, 0) is 102 Å². The van der Waals surface area contributed by atoms with E-state index in [2.05, 4.69) is 143 Å². The zero-order chi connectivity index (χ0) is 28.2. The Balaban J connectivity index is 1.82. The molecule has 5 aromatic rings. The molecule has 0 aliphatic carbocycles. The summed E-state index contributed by atoms with van der Waals surface area (Å²) in [6.45, 7) is 13.7. The Morgan fingerprint density at radius 3 is 1.60 bits per heavy atom. The number of rotatable bonds is 3. The molecule has 0 aromatic heterocycles. The van der Waals surface area contributed by atoms with Crippen molar-refractivity contribution in [1.29, 1.82) is 0 Å². The van der Waals surface area contributed by atoms with Crippen molar-refractivity contribution >= 4 is 71.6 Å². The second kappa shape index (κ2) is 12.3. The van der Waals surface area contributed by atoms with Gasteiger partial charge in [0, 0.05) is 16.7 Å². The first-order chi connectivity index (χ1) is 19.3. The molecule has 0 N–H and O–H groups in total. The first kappa shape index (κ1) is 28.0. The van der Waals surface area contributed by atoms with Crippen molar-refractivity contribution < 1.29 is 0 Å². The van der Waals surface area contributed by atoms with Crippen LogP contribution in [0.1, 0.15) is 58.2 Å². The highest BCUT2D eigenvalue weighted by Gasteiger charge is 2.11. The Labute approximate surface area is 246 Å². The highest BCUT2D eigenvalue weighted by molar-refractivity contribution is 6.48. The fraction of sp³-hybridized carbons (Fsp3) is 0.243. The summed E-state index contributed by atoms with van der Waals surface area (Å²) < 4.78 is 0. The maximum absolute atomic E-state index is 3.68. The Morgan fingerprint density at radius 1 is 0.475 bits per heavy atom. The summed E-state index contributed by atoms with van der Waals surface area (Å²) in [6, 6.07) is 24.9. The molecule has 0 nitrogen and oxygen atoms in total. The van der Waals surface area contributed by atoms with Gasteiger partial charge in [-0.1, -0.05) is 83.6 Å². The Hall–Kier alpha value is -3.53. The van der Waals surface area contributed by atoms with Crippen LogP contribution in [0, 0.1) is 34.4 Å². The number of benzene rings is 5. The van der Waals surface area contributed by atoms with Gasteiger partial charge in [0.2, 0.25) is 0 Å². The molecule has 0 heterocycles. The van der Waals surface area contributed by atoms with Crippen molar-refractivity contribution in [3.63, 3.8) is 0 Å². The van der Waals surface area contributed by atoms with E-state index in [0.717, 1.165) is 16.7 Å². The summed E-state index contributed by atoms with van der Waals surface area (Å²) in [6.07, 6.45) is 0. The third-order valence-electron chi connectivity index (χ3n) is 7.09. The second-order valence-electron chi connectivity index (χ2n) is 12.2. The van der Waals surface area contributed by atoms with Crippen molar-refractivity contribution in [2.24, 2.45) is 0 Å². The zero-order valence-electron chi connectivity index (χ0n) is 24.7. The maximum Gasteiger partial charge on any atom is 0.110 e. The molecular formula is C37H38Si3. The lowest BCUT2D eigenvalue weighted by molar-refractivity contribution is 1.07. The van der Waals surface area contributed by atoms with Gasteiger partial charge in [-0.25, -0.2) is 0 Å². The average Bonchev–Trinajstić information content (AvgIpc) is 2.90. The van der Waals surface area contributed by atoms with Gasteiger partial charge < -0.3 is 0 Å². The van der Waals surface area contributed by atoms with Gasteiger partial charge in [-0.15, -0.1) is 16.6 Å². The Bertz CT molecular complexity index is 1930. The predicted molar refractivity (Wildman–Crippen MR) is 188 cm³/mol. The van der Waals surface area contributed by atoms with E-state index in [9.17, 15) is 0 Å². The highest BCUT2D eigenvalue weighted by atomic mass is 28.2. The lowest BCUT2D eigenvalue weighted by atomic mass is 9.91. The lowest BCUT2D eigenvalue weighted by Crippen LogP contribution is -1.93. The van der Waals surface area contributed by atoms with Gasteiger partial charge in [0.1, 0.15) is 28.6 Å². The molecule has 5 aromatic carbocycles. The number of hydrogen-bond acceptors (Lipinski definition) is 0. The lowest BCUT2D eigenvalue weighted by Gasteiger charge is -2.12. The van der Waals surface area contributed by atoms with Gasteiger partial charge in [-0.3, -0.25) is 0 Å². The predicted octanol–water partition coefficient (Wildman–Crippen LogP) is 7.22. The maximum atomic E-state index is 3.68. The summed E-state index contributed by atoms with van der Waals surface area (Å²) >= 11 is 0. The summed E-state index contributed by atoms with van der Waals surface area (Å²) in [5.41, 5.74) is 16.2. The SMILES string of the molecule is CC(C)[SiH2]C#Cc1cc(C#C[SiH2]C(C)C)c2cc3cc4cc5ccccc5cc4c(C#C[SiH2]C(C)C)c3cc2c1. The molecule has 0 bridgehead atoms. The highest BCUT2D eigenvalue weighted by Crippen LogP contribution is 2.35. The van der Waals surface area contributed by atoms with E-state index in [1.165, 1.54) is 43.1 Å². The van der Waals surface area contributed by atoms with E-state index in [-0.39, 0.29) is 0 Å². The Morgan fingerprint density at radius 2 is 0.950 bits per heavy atom. The van der Waals surface area contributed by atoms with Gasteiger partial charge >= 0.3 is 0 Å². The topological polar surface area (TPSA) is 0 Å².